The van der Waals surface area contributed by atoms with Crippen molar-refractivity contribution in [2.45, 2.75) is 139 Å². The van der Waals surface area contributed by atoms with Gasteiger partial charge in [-0.2, -0.15) is 0 Å². The topological polar surface area (TPSA) is 0 Å². The van der Waals surface area contributed by atoms with E-state index in [1.165, 1.54) is 48.4 Å². The molecule has 0 aliphatic heterocycles. The Hall–Kier alpha value is -1.06. The average Bonchev–Trinajstić information content (AvgIpc) is 3.24. The Morgan fingerprint density at radius 3 is 0.812 bits per heavy atom. The summed E-state index contributed by atoms with van der Waals surface area (Å²) < 4.78 is 1.54. The molecule has 0 atom stereocenters. The van der Waals surface area contributed by atoms with Gasteiger partial charge in [-0.25, -0.2) is 0 Å². The minimum atomic E-state index is -2.76. The molecule has 4 rings (SSSR count). The molecular weight excluding hydrogens is 699 g/mol. The molecule has 3 aromatic carbocycles. The van der Waals surface area contributed by atoms with Crippen LogP contribution in [0.5, 0.6) is 0 Å². The molecule has 0 radical (unpaired) electrons. The van der Waals surface area contributed by atoms with Crippen LogP contribution in [0.1, 0.15) is 172 Å². The van der Waals surface area contributed by atoms with Gasteiger partial charge in [0.05, 0.1) is 0 Å². The maximum absolute atomic E-state index is 2.76. The van der Waals surface area contributed by atoms with Crippen molar-refractivity contribution in [3.63, 3.8) is 0 Å². The minimum Gasteiger partial charge on any atom is -1.00 e. The molecular formula is C43H59Cl3SiTi. The summed E-state index contributed by atoms with van der Waals surface area (Å²) >= 11 is 2.38. The van der Waals surface area contributed by atoms with Crippen molar-refractivity contribution in [1.82, 2.24) is 0 Å². The molecule has 0 unspecified atom stereocenters. The average molecular weight is 758 g/mol. The first kappa shape index (κ1) is 45.0. The van der Waals surface area contributed by atoms with Crippen LogP contribution in [0.2, 0.25) is 0 Å². The van der Waals surface area contributed by atoms with E-state index in [9.17, 15) is 0 Å². The molecule has 1 aliphatic rings. The largest absolute Gasteiger partial charge is 1.00 e. The molecule has 0 nitrogen and oxygen atoms in total. The van der Waals surface area contributed by atoms with Gasteiger partial charge in [0.25, 0.3) is 0 Å². The molecule has 0 heterocycles. The van der Waals surface area contributed by atoms with Crippen LogP contribution in [0, 0.1) is 0 Å². The van der Waals surface area contributed by atoms with Crippen LogP contribution in [0.25, 0.3) is 0 Å². The van der Waals surface area contributed by atoms with Crippen LogP contribution >= 0.6 is 0 Å². The minimum absolute atomic E-state index is 0. The molecule has 0 bridgehead atoms. The smallest absolute Gasteiger partial charge is 1.00 e. The van der Waals surface area contributed by atoms with E-state index in [0.717, 1.165) is 6.42 Å². The zero-order valence-electron chi connectivity index (χ0n) is 32.0. The molecule has 5 heteroatoms. The van der Waals surface area contributed by atoms with Gasteiger partial charge < -0.3 is 37.2 Å². The van der Waals surface area contributed by atoms with Crippen molar-refractivity contribution in [3.05, 3.63) is 108 Å². The van der Waals surface area contributed by atoms with Gasteiger partial charge in [-0.05, 0) is 0 Å². The van der Waals surface area contributed by atoms with Crippen LogP contribution < -0.4 is 52.8 Å². The maximum atomic E-state index is 2.64. The van der Waals surface area contributed by atoms with E-state index in [1.807, 2.05) is 0 Å². The number of hydrogen-bond acceptors (Lipinski definition) is 0. The first-order chi connectivity index (χ1) is 21.0. The zero-order valence-corrected chi connectivity index (χ0v) is 36.8. The fourth-order valence-corrected chi connectivity index (χ4v) is 13.4. The molecule has 0 spiro atoms. The van der Waals surface area contributed by atoms with Crippen LogP contribution in [-0.2, 0) is 20.4 Å². The number of halogens is 3. The number of rotatable bonds is 10. The van der Waals surface area contributed by atoms with E-state index in [1.54, 1.807) is 20.8 Å². The third-order valence-corrected chi connectivity index (χ3v) is 16.3. The monoisotopic (exact) mass is 756 g/mol. The van der Waals surface area contributed by atoms with Crippen molar-refractivity contribution in [2.24, 2.45) is 0 Å². The van der Waals surface area contributed by atoms with E-state index < -0.39 is 8.07 Å². The van der Waals surface area contributed by atoms with Gasteiger partial charge in [0.2, 0.25) is 0 Å². The summed E-state index contributed by atoms with van der Waals surface area (Å²) in [5.74, 6) is 2.81. The second-order valence-corrected chi connectivity index (χ2v) is 20.5. The van der Waals surface area contributed by atoms with Crippen molar-refractivity contribution < 1.29 is 57.7 Å². The van der Waals surface area contributed by atoms with Gasteiger partial charge >= 0.3 is 291 Å². The molecule has 0 aromatic heterocycles. The number of allylic oxidation sites excluding steroid dienone is 4. The Bertz CT molecular complexity index is 1390. The van der Waals surface area contributed by atoms with E-state index in [4.69, 9.17) is 0 Å². The fourth-order valence-electron chi connectivity index (χ4n) is 7.01. The van der Waals surface area contributed by atoms with Gasteiger partial charge in [0.15, 0.2) is 0 Å². The molecule has 0 saturated heterocycles. The van der Waals surface area contributed by atoms with E-state index >= 15 is 0 Å². The van der Waals surface area contributed by atoms with Gasteiger partial charge in [0, 0.05) is 0 Å². The third kappa shape index (κ3) is 8.86. The molecule has 0 amide bonds. The van der Waals surface area contributed by atoms with Crippen LogP contribution in [-0.4, -0.2) is 8.07 Å². The molecule has 1 aliphatic carbocycles. The predicted octanol–water partition coefficient (Wildman–Crippen LogP) is 1.99. The third-order valence-electron chi connectivity index (χ3n) is 10.5. The van der Waals surface area contributed by atoms with E-state index in [2.05, 4.69) is 172 Å². The Labute approximate surface area is 326 Å². The number of benzene rings is 3. The normalized spacial score (nSPS) is 13.7. The first-order valence-electron chi connectivity index (χ1n) is 17.6. The Morgan fingerprint density at radius 2 is 0.646 bits per heavy atom. The standard InChI is InChI=1S/C43H59Si.3ClH.Ti/c1-26(2)34-17-35(27(3)4)21-40(20-34)44(43-16-15-32(13)33(43)14,41-22-36(28(5)6)18-37(23-41)29(7)8)42-24-38(30(9)10)19-39(25-42)31(11)12;;;;/h17-31H,16H2,1-14H3;3*1H;/q;;;;+3/p-3. The summed E-state index contributed by atoms with van der Waals surface area (Å²) in [5.41, 5.74) is 11.9. The predicted molar refractivity (Wildman–Crippen MR) is 199 cm³/mol. The quantitative estimate of drug-likeness (QED) is 0.220. The molecule has 0 N–H and O–H groups in total. The van der Waals surface area contributed by atoms with Gasteiger partial charge in [0.1, 0.15) is 0 Å². The second-order valence-electron chi connectivity index (χ2n) is 15.7. The van der Waals surface area contributed by atoms with Crippen molar-refractivity contribution in [1.29, 1.82) is 0 Å². The van der Waals surface area contributed by atoms with Crippen molar-refractivity contribution >= 4 is 23.6 Å². The van der Waals surface area contributed by atoms with Crippen molar-refractivity contribution in [2.75, 3.05) is 0 Å². The first-order valence-corrected chi connectivity index (χ1v) is 20.3. The number of hydrogen-bond donors (Lipinski definition) is 0. The van der Waals surface area contributed by atoms with E-state index in [0.29, 0.717) is 35.5 Å². The summed E-state index contributed by atoms with van der Waals surface area (Å²) in [4.78, 5) is 0. The van der Waals surface area contributed by atoms with Gasteiger partial charge in [-0.15, -0.1) is 0 Å². The molecule has 0 saturated carbocycles. The van der Waals surface area contributed by atoms with Crippen LogP contribution in [0.15, 0.2) is 74.8 Å². The fraction of sp³-hybridized carbons (Fsp3) is 0.488. The van der Waals surface area contributed by atoms with Crippen LogP contribution in [0.4, 0.5) is 0 Å². The molecule has 48 heavy (non-hydrogen) atoms. The van der Waals surface area contributed by atoms with Gasteiger partial charge in [-0.1, -0.05) is 0 Å². The summed E-state index contributed by atoms with van der Waals surface area (Å²) in [6, 6.07) is 23.3. The Morgan fingerprint density at radius 1 is 0.417 bits per heavy atom. The summed E-state index contributed by atoms with van der Waals surface area (Å²) in [6.45, 7) is 33.2. The van der Waals surface area contributed by atoms with Gasteiger partial charge in [-0.3, -0.25) is 0 Å². The maximum Gasteiger partial charge on any atom is -1.00 e. The summed E-state index contributed by atoms with van der Waals surface area (Å²) in [5, 5.41) is 6.40. The van der Waals surface area contributed by atoms with Crippen LogP contribution in [0.3, 0.4) is 0 Å². The Balaban J connectivity index is 0.00000384. The zero-order chi connectivity index (χ0) is 33.5. The SMILES string of the molecule is CC1=[C]([Ti+3])CC([Si](c2cc(C(C)C)cc(C(C)C)c2)(c2cc(C(C)C)cc(C(C)C)c2)c2cc(C(C)C)cc(C(C)C)c2)=C1C.[Cl-].[Cl-].[Cl-]. The summed E-state index contributed by atoms with van der Waals surface area (Å²) in [6.07, 6.45) is 1.07. The molecule has 260 valence electrons. The summed E-state index contributed by atoms with van der Waals surface area (Å²) in [7, 11) is -2.76. The molecule has 3 aromatic rings. The van der Waals surface area contributed by atoms with Crippen molar-refractivity contribution in [3.8, 4) is 0 Å². The second kappa shape index (κ2) is 17.9. The van der Waals surface area contributed by atoms with E-state index in [-0.39, 0.29) is 37.2 Å². The Kier molecular flexibility index (Phi) is 16.8. The molecule has 0 fully saturated rings.